The lowest BCUT2D eigenvalue weighted by Crippen LogP contribution is -2.13. The van der Waals surface area contributed by atoms with Gasteiger partial charge in [0.05, 0.1) is 18.6 Å². The number of halogens is 2. The second-order valence-corrected chi connectivity index (χ2v) is 8.61. The molecule has 7 nitrogen and oxygen atoms in total. The van der Waals surface area contributed by atoms with E-state index < -0.39 is 32.5 Å². The molecule has 1 amide bonds. The second-order valence-electron chi connectivity index (χ2n) is 6.92. The number of carbonyl (C=O) groups is 1. The van der Waals surface area contributed by atoms with Gasteiger partial charge in [0, 0.05) is 17.5 Å². The summed E-state index contributed by atoms with van der Waals surface area (Å²) in [6, 6.07) is 13.4. The number of sulfonamides is 1. The summed E-state index contributed by atoms with van der Waals surface area (Å²) in [6.07, 6.45) is 2.96. The van der Waals surface area contributed by atoms with E-state index in [-0.39, 0.29) is 5.69 Å². The van der Waals surface area contributed by atoms with Crippen molar-refractivity contribution in [3.05, 3.63) is 83.9 Å². The zero-order valence-corrected chi connectivity index (χ0v) is 19.2. The Morgan fingerprint density at radius 1 is 0.941 bits per heavy atom. The molecule has 0 saturated heterocycles. The van der Waals surface area contributed by atoms with Crippen LogP contribution in [0.3, 0.4) is 0 Å². The number of carbonyl (C=O) groups excluding carboxylic acids is 1. The minimum atomic E-state index is -4.11. The summed E-state index contributed by atoms with van der Waals surface area (Å²) >= 11 is 0. The van der Waals surface area contributed by atoms with Crippen molar-refractivity contribution in [2.75, 3.05) is 23.8 Å². The Bertz CT molecular complexity index is 1310. The van der Waals surface area contributed by atoms with Crippen molar-refractivity contribution in [2.45, 2.75) is 11.8 Å². The summed E-state index contributed by atoms with van der Waals surface area (Å²) in [4.78, 5) is 11.8. The van der Waals surface area contributed by atoms with Crippen LogP contribution in [0.2, 0.25) is 0 Å². The molecule has 0 bridgehead atoms. The van der Waals surface area contributed by atoms with Crippen molar-refractivity contribution in [3.63, 3.8) is 0 Å². The van der Waals surface area contributed by atoms with Crippen molar-refractivity contribution in [1.82, 2.24) is 0 Å². The summed E-state index contributed by atoms with van der Waals surface area (Å²) in [7, 11) is -2.57. The van der Waals surface area contributed by atoms with Crippen LogP contribution in [0.1, 0.15) is 12.5 Å². The van der Waals surface area contributed by atoms with Crippen LogP contribution in [-0.2, 0) is 14.8 Å². The van der Waals surface area contributed by atoms with Crippen LogP contribution < -0.4 is 19.5 Å². The molecule has 3 aromatic rings. The number of amides is 1. The number of hydrogen-bond acceptors (Lipinski definition) is 5. The summed E-state index contributed by atoms with van der Waals surface area (Å²) in [5, 5.41) is 2.66. The number of rotatable bonds is 9. The molecule has 0 aliphatic carbocycles. The molecule has 0 spiro atoms. The molecular formula is C24H22F2N2O5S. The predicted octanol–water partition coefficient (Wildman–Crippen LogP) is 4.82. The Labute approximate surface area is 196 Å². The molecule has 0 aliphatic rings. The van der Waals surface area contributed by atoms with Crippen LogP contribution in [-0.4, -0.2) is 28.0 Å². The zero-order valence-electron chi connectivity index (χ0n) is 18.3. The molecule has 0 radical (unpaired) electrons. The molecule has 0 atom stereocenters. The Kier molecular flexibility index (Phi) is 7.85. The largest absolute Gasteiger partial charge is 0.493 e. The Morgan fingerprint density at radius 2 is 1.65 bits per heavy atom. The lowest BCUT2D eigenvalue weighted by atomic mass is 10.2. The first-order valence-electron chi connectivity index (χ1n) is 10.1. The average Bonchev–Trinajstić information content (AvgIpc) is 2.81. The SMILES string of the molecule is CCOc1cc(C=CC(=O)Nc2ccc(NS(=O)(=O)c3ccc(F)c(F)c3)cc2)ccc1OC. The molecule has 10 heteroatoms. The van der Waals surface area contributed by atoms with Gasteiger partial charge in [-0.25, -0.2) is 17.2 Å². The highest BCUT2D eigenvalue weighted by Crippen LogP contribution is 2.28. The standard InChI is InChI=1S/C24H22F2N2O5S/c1-3-33-23-14-16(4-12-22(23)32-2)5-13-24(29)27-17-6-8-18(9-7-17)28-34(30,31)19-10-11-20(25)21(26)15-19/h4-15,28H,3H2,1-2H3,(H,27,29). The first-order chi connectivity index (χ1) is 16.2. The Balaban J connectivity index is 1.63. The number of nitrogens with one attached hydrogen (secondary N) is 2. The third-order valence-electron chi connectivity index (χ3n) is 4.52. The summed E-state index contributed by atoms with van der Waals surface area (Å²) in [5.41, 5.74) is 1.34. The predicted molar refractivity (Wildman–Crippen MR) is 125 cm³/mol. The van der Waals surface area contributed by atoms with Crippen LogP contribution in [0.25, 0.3) is 6.08 Å². The van der Waals surface area contributed by atoms with E-state index in [9.17, 15) is 22.0 Å². The fourth-order valence-electron chi connectivity index (χ4n) is 2.90. The highest BCUT2D eigenvalue weighted by molar-refractivity contribution is 7.92. The van der Waals surface area contributed by atoms with Crippen molar-refractivity contribution < 1.29 is 31.5 Å². The van der Waals surface area contributed by atoms with Crippen LogP contribution in [0.5, 0.6) is 11.5 Å². The van der Waals surface area contributed by atoms with E-state index in [1.54, 1.807) is 31.4 Å². The smallest absolute Gasteiger partial charge is 0.261 e. The van der Waals surface area contributed by atoms with Gasteiger partial charge in [-0.2, -0.15) is 0 Å². The first-order valence-corrected chi connectivity index (χ1v) is 11.6. The maximum atomic E-state index is 13.4. The maximum absolute atomic E-state index is 13.4. The van der Waals surface area contributed by atoms with E-state index in [0.29, 0.717) is 29.9 Å². The number of ether oxygens (including phenoxy) is 2. The van der Waals surface area contributed by atoms with Crippen LogP contribution >= 0.6 is 0 Å². The number of anilines is 2. The minimum absolute atomic E-state index is 0.181. The third-order valence-corrected chi connectivity index (χ3v) is 5.90. The quantitative estimate of drug-likeness (QED) is 0.421. The molecule has 0 unspecified atom stereocenters. The molecule has 0 saturated carbocycles. The van der Waals surface area contributed by atoms with Gasteiger partial charge in [0.2, 0.25) is 5.91 Å². The van der Waals surface area contributed by atoms with Gasteiger partial charge in [0.15, 0.2) is 23.1 Å². The summed E-state index contributed by atoms with van der Waals surface area (Å²) < 4.78 is 64.1. The number of hydrogen-bond donors (Lipinski definition) is 2. The van der Waals surface area contributed by atoms with Gasteiger partial charge in [-0.05, 0) is 73.2 Å². The Morgan fingerprint density at radius 3 is 2.29 bits per heavy atom. The summed E-state index contributed by atoms with van der Waals surface area (Å²) in [6.45, 7) is 2.32. The van der Waals surface area contributed by atoms with Gasteiger partial charge < -0.3 is 14.8 Å². The zero-order chi connectivity index (χ0) is 24.7. The van der Waals surface area contributed by atoms with Gasteiger partial charge in [0.1, 0.15) is 0 Å². The van der Waals surface area contributed by atoms with Crippen LogP contribution in [0.15, 0.2) is 71.6 Å². The van der Waals surface area contributed by atoms with Gasteiger partial charge in [-0.15, -0.1) is 0 Å². The molecule has 0 aliphatic heterocycles. The molecule has 0 heterocycles. The first kappa shape index (κ1) is 24.7. The fourth-order valence-corrected chi connectivity index (χ4v) is 3.97. The minimum Gasteiger partial charge on any atom is -0.493 e. The summed E-state index contributed by atoms with van der Waals surface area (Å²) in [5.74, 6) is -1.66. The van der Waals surface area contributed by atoms with E-state index in [1.165, 1.54) is 30.3 Å². The number of benzene rings is 3. The maximum Gasteiger partial charge on any atom is 0.261 e. The highest BCUT2D eigenvalue weighted by atomic mass is 32.2. The van der Waals surface area contributed by atoms with E-state index in [1.807, 2.05) is 6.92 Å². The molecule has 0 aromatic heterocycles. The molecule has 34 heavy (non-hydrogen) atoms. The molecule has 3 aromatic carbocycles. The van der Waals surface area contributed by atoms with Crippen molar-refractivity contribution in [1.29, 1.82) is 0 Å². The molecule has 178 valence electrons. The van der Waals surface area contributed by atoms with Crippen molar-refractivity contribution in [3.8, 4) is 11.5 Å². The fraction of sp³-hybridized carbons (Fsp3) is 0.125. The van der Waals surface area contributed by atoms with Crippen LogP contribution in [0, 0.1) is 11.6 Å². The van der Waals surface area contributed by atoms with Gasteiger partial charge in [-0.3, -0.25) is 9.52 Å². The Hall–Kier alpha value is -3.92. The lowest BCUT2D eigenvalue weighted by Gasteiger charge is -2.10. The molecule has 3 rings (SSSR count). The average molecular weight is 489 g/mol. The third kappa shape index (κ3) is 6.32. The van der Waals surface area contributed by atoms with Crippen molar-refractivity contribution in [2.24, 2.45) is 0 Å². The molecule has 0 fully saturated rings. The second kappa shape index (κ2) is 10.8. The normalized spacial score (nSPS) is 11.3. The van der Waals surface area contributed by atoms with E-state index >= 15 is 0 Å². The van der Waals surface area contributed by atoms with E-state index in [4.69, 9.17) is 9.47 Å². The van der Waals surface area contributed by atoms with Gasteiger partial charge >= 0.3 is 0 Å². The van der Waals surface area contributed by atoms with Gasteiger partial charge in [-0.1, -0.05) is 6.07 Å². The molecule has 2 N–H and O–H groups in total. The van der Waals surface area contributed by atoms with E-state index in [2.05, 4.69) is 10.0 Å². The van der Waals surface area contributed by atoms with Gasteiger partial charge in [0.25, 0.3) is 10.0 Å². The topological polar surface area (TPSA) is 93.7 Å². The molecular weight excluding hydrogens is 466 g/mol. The monoisotopic (exact) mass is 488 g/mol. The number of methoxy groups -OCH3 is 1. The lowest BCUT2D eigenvalue weighted by molar-refractivity contribution is -0.111. The van der Waals surface area contributed by atoms with E-state index in [0.717, 1.165) is 17.7 Å². The van der Waals surface area contributed by atoms with Crippen LogP contribution in [0.4, 0.5) is 20.2 Å². The van der Waals surface area contributed by atoms with Crippen molar-refractivity contribution >= 4 is 33.4 Å². The highest BCUT2D eigenvalue weighted by Gasteiger charge is 2.16.